The Morgan fingerprint density at radius 1 is 1.05 bits per heavy atom. The minimum absolute atomic E-state index is 0.299. The SMILES string of the molecule is Cc1ncc(C(Nc2cccc(-c3ccc(Oc4ccc(F)cc4)cc3)n2)C(C=O)NC(=O)CC(F)(F)F)[nH]1. The van der Waals surface area contributed by atoms with E-state index in [2.05, 4.69) is 25.6 Å². The molecule has 2 aromatic heterocycles. The molecule has 0 saturated carbocycles. The van der Waals surface area contributed by atoms with Crippen LogP contribution >= 0.6 is 0 Å². The second kappa shape index (κ2) is 11.8. The van der Waals surface area contributed by atoms with E-state index >= 15 is 0 Å². The molecule has 2 atom stereocenters. The third kappa shape index (κ3) is 7.63. The summed E-state index contributed by atoms with van der Waals surface area (Å²) in [7, 11) is 0. The lowest BCUT2D eigenvalue weighted by Gasteiger charge is -2.25. The van der Waals surface area contributed by atoms with Gasteiger partial charge in [-0.05, 0) is 67.6 Å². The lowest BCUT2D eigenvalue weighted by Crippen LogP contribution is -2.44. The number of hydrogen-bond donors (Lipinski definition) is 3. The van der Waals surface area contributed by atoms with E-state index in [9.17, 15) is 27.2 Å². The highest BCUT2D eigenvalue weighted by Gasteiger charge is 2.34. The topological polar surface area (TPSA) is 109 Å². The van der Waals surface area contributed by atoms with Gasteiger partial charge in [0.1, 0.15) is 47.7 Å². The van der Waals surface area contributed by atoms with E-state index in [1.165, 1.54) is 30.5 Å². The van der Waals surface area contributed by atoms with Gasteiger partial charge in [-0.1, -0.05) is 6.07 Å². The van der Waals surface area contributed by atoms with Crippen molar-refractivity contribution in [2.75, 3.05) is 5.32 Å². The molecule has 4 aromatic rings. The van der Waals surface area contributed by atoms with E-state index in [1.54, 1.807) is 49.4 Å². The molecule has 0 fully saturated rings. The summed E-state index contributed by atoms with van der Waals surface area (Å²) in [5.41, 5.74) is 1.65. The van der Waals surface area contributed by atoms with Crippen LogP contribution in [0.15, 0.2) is 72.9 Å². The number of pyridine rings is 1. The molecule has 2 heterocycles. The molecule has 3 N–H and O–H groups in total. The molecule has 39 heavy (non-hydrogen) atoms. The number of aromatic amines is 1. The third-order valence-electron chi connectivity index (χ3n) is 5.50. The molecule has 1 amide bonds. The normalized spacial score (nSPS) is 12.8. The molecule has 4 rings (SSSR count). The van der Waals surface area contributed by atoms with Gasteiger partial charge in [0, 0.05) is 5.56 Å². The van der Waals surface area contributed by atoms with Crippen LogP contribution in [0.5, 0.6) is 11.5 Å². The monoisotopic (exact) mass is 541 g/mol. The Morgan fingerprint density at radius 3 is 2.31 bits per heavy atom. The zero-order valence-electron chi connectivity index (χ0n) is 20.5. The van der Waals surface area contributed by atoms with Crippen LogP contribution in [0.2, 0.25) is 0 Å². The van der Waals surface area contributed by atoms with Crippen LogP contribution in [0, 0.1) is 12.7 Å². The number of aromatic nitrogens is 3. The molecule has 202 valence electrons. The van der Waals surface area contributed by atoms with Gasteiger partial charge in [-0.25, -0.2) is 14.4 Å². The highest BCUT2D eigenvalue weighted by molar-refractivity contribution is 5.80. The highest BCUT2D eigenvalue weighted by Crippen LogP contribution is 2.27. The van der Waals surface area contributed by atoms with E-state index in [-0.39, 0.29) is 5.82 Å². The third-order valence-corrected chi connectivity index (χ3v) is 5.50. The first-order valence-corrected chi connectivity index (χ1v) is 11.7. The summed E-state index contributed by atoms with van der Waals surface area (Å²) in [6.45, 7) is 1.67. The fourth-order valence-electron chi connectivity index (χ4n) is 3.74. The van der Waals surface area contributed by atoms with E-state index in [4.69, 9.17) is 4.74 Å². The summed E-state index contributed by atoms with van der Waals surface area (Å²) in [5, 5.41) is 5.15. The number of hydrogen-bond acceptors (Lipinski definition) is 6. The number of aryl methyl sites for hydroxylation is 1. The fraction of sp³-hybridized carbons (Fsp3) is 0.185. The van der Waals surface area contributed by atoms with E-state index in [1.807, 2.05) is 0 Å². The number of anilines is 1. The predicted octanol–water partition coefficient (Wildman–Crippen LogP) is 5.50. The van der Waals surface area contributed by atoms with Gasteiger partial charge in [0.2, 0.25) is 5.91 Å². The number of amides is 1. The van der Waals surface area contributed by atoms with Gasteiger partial charge in [0.15, 0.2) is 0 Å². The van der Waals surface area contributed by atoms with Crippen molar-refractivity contribution < 1.29 is 31.9 Å². The average molecular weight is 542 g/mol. The number of nitrogens with zero attached hydrogens (tertiary/aromatic N) is 2. The fourth-order valence-corrected chi connectivity index (χ4v) is 3.74. The molecule has 2 unspecified atom stereocenters. The molecular weight excluding hydrogens is 518 g/mol. The van der Waals surface area contributed by atoms with Crippen molar-refractivity contribution in [3.8, 4) is 22.8 Å². The molecule has 2 aromatic carbocycles. The van der Waals surface area contributed by atoms with Crippen molar-refractivity contribution in [1.82, 2.24) is 20.3 Å². The minimum atomic E-state index is -4.72. The van der Waals surface area contributed by atoms with Crippen LogP contribution in [-0.2, 0) is 9.59 Å². The number of ether oxygens (including phenoxy) is 1. The van der Waals surface area contributed by atoms with Crippen molar-refractivity contribution in [2.24, 2.45) is 0 Å². The summed E-state index contributed by atoms with van der Waals surface area (Å²) in [5.74, 6) is 0.0944. The Hall–Kier alpha value is -4.74. The van der Waals surface area contributed by atoms with Gasteiger partial charge in [-0.3, -0.25) is 4.79 Å². The van der Waals surface area contributed by atoms with Crippen molar-refractivity contribution in [3.63, 3.8) is 0 Å². The molecular formula is C27H23F4N5O3. The molecule has 0 aliphatic rings. The number of nitrogens with one attached hydrogen (secondary N) is 3. The largest absolute Gasteiger partial charge is 0.457 e. The second-order valence-corrected chi connectivity index (χ2v) is 8.56. The summed E-state index contributed by atoms with van der Waals surface area (Å²) < 4.78 is 56.8. The number of rotatable bonds is 10. The number of alkyl halides is 3. The number of benzene rings is 2. The first-order valence-electron chi connectivity index (χ1n) is 11.7. The van der Waals surface area contributed by atoms with Crippen molar-refractivity contribution >= 4 is 18.0 Å². The minimum Gasteiger partial charge on any atom is -0.457 e. The molecule has 0 radical (unpaired) electrons. The van der Waals surface area contributed by atoms with Crippen LogP contribution in [-0.4, -0.2) is 39.4 Å². The molecule has 8 nitrogen and oxygen atoms in total. The maximum atomic E-state index is 13.1. The lowest BCUT2D eigenvalue weighted by molar-refractivity contribution is -0.154. The van der Waals surface area contributed by atoms with Crippen molar-refractivity contribution in [2.45, 2.75) is 31.6 Å². The van der Waals surface area contributed by atoms with Crippen molar-refractivity contribution in [3.05, 3.63) is 90.3 Å². The number of carbonyl (C=O) groups is 2. The molecule has 0 spiro atoms. The zero-order valence-corrected chi connectivity index (χ0v) is 20.5. The van der Waals surface area contributed by atoms with Crippen LogP contribution < -0.4 is 15.4 Å². The summed E-state index contributed by atoms with van der Waals surface area (Å²) in [4.78, 5) is 35.4. The second-order valence-electron chi connectivity index (χ2n) is 8.56. The van der Waals surface area contributed by atoms with Gasteiger partial charge in [-0.2, -0.15) is 13.2 Å². The number of H-pyrrole nitrogens is 1. The van der Waals surface area contributed by atoms with Gasteiger partial charge in [0.25, 0.3) is 0 Å². The quantitative estimate of drug-likeness (QED) is 0.181. The first kappa shape index (κ1) is 27.3. The standard InChI is InChI=1S/C27H23F4N5O3/c1-16-32-14-22(33-16)26(23(15-37)35-25(38)13-27(29,30)31)36-24-4-2-3-21(34-24)17-5-9-19(10-6-17)39-20-11-7-18(28)8-12-20/h2-12,14-15,23,26H,13H2,1H3,(H,32,33)(H,34,36)(H,35,38). The summed E-state index contributed by atoms with van der Waals surface area (Å²) in [6.07, 6.45) is -4.67. The van der Waals surface area contributed by atoms with Crippen LogP contribution in [0.1, 0.15) is 24.0 Å². The molecule has 0 saturated heterocycles. The molecule has 0 aliphatic heterocycles. The van der Waals surface area contributed by atoms with E-state index < -0.39 is 30.6 Å². The Bertz CT molecular complexity index is 1420. The van der Waals surface area contributed by atoms with Crippen molar-refractivity contribution in [1.29, 1.82) is 0 Å². The molecule has 0 aliphatic carbocycles. The predicted molar refractivity (Wildman–Crippen MR) is 135 cm³/mol. The van der Waals surface area contributed by atoms with Gasteiger partial charge in [-0.15, -0.1) is 0 Å². The maximum Gasteiger partial charge on any atom is 0.397 e. The Morgan fingerprint density at radius 2 is 1.72 bits per heavy atom. The number of halogens is 4. The first-order chi connectivity index (χ1) is 18.6. The maximum absolute atomic E-state index is 13.1. The van der Waals surface area contributed by atoms with Gasteiger partial charge < -0.3 is 25.1 Å². The Kier molecular flexibility index (Phi) is 8.23. The van der Waals surface area contributed by atoms with Crippen LogP contribution in [0.4, 0.5) is 23.4 Å². The zero-order chi connectivity index (χ0) is 28.0. The summed E-state index contributed by atoms with van der Waals surface area (Å²) in [6, 6.07) is 15.3. The highest BCUT2D eigenvalue weighted by atomic mass is 19.4. The number of imidazole rings is 1. The smallest absolute Gasteiger partial charge is 0.397 e. The van der Waals surface area contributed by atoms with Gasteiger partial charge in [0.05, 0.1) is 23.6 Å². The van der Waals surface area contributed by atoms with Gasteiger partial charge >= 0.3 is 6.18 Å². The van der Waals surface area contributed by atoms with E-state index in [0.29, 0.717) is 40.8 Å². The Labute approximate surface area is 220 Å². The Balaban J connectivity index is 1.53. The number of aldehydes is 1. The molecule has 0 bridgehead atoms. The molecule has 12 heteroatoms. The lowest BCUT2D eigenvalue weighted by atomic mass is 10.1. The average Bonchev–Trinajstić information content (AvgIpc) is 3.33. The van der Waals surface area contributed by atoms with Crippen LogP contribution in [0.3, 0.4) is 0 Å². The summed E-state index contributed by atoms with van der Waals surface area (Å²) >= 11 is 0. The van der Waals surface area contributed by atoms with Crippen LogP contribution in [0.25, 0.3) is 11.3 Å². The van der Waals surface area contributed by atoms with E-state index in [0.717, 1.165) is 5.56 Å². The number of carbonyl (C=O) groups excluding carboxylic acids is 2.